The van der Waals surface area contributed by atoms with Gasteiger partial charge >= 0.3 is 5.97 Å². The Morgan fingerprint density at radius 3 is 2.58 bits per heavy atom. The van der Waals surface area contributed by atoms with Crippen LogP contribution in [0.1, 0.15) is 17.3 Å². The van der Waals surface area contributed by atoms with Gasteiger partial charge in [0.1, 0.15) is 5.75 Å². The van der Waals surface area contributed by atoms with Crippen molar-refractivity contribution in [1.29, 1.82) is 0 Å². The highest BCUT2D eigenvalue weighted by Gasteiger charge is 2.20. The number of nitrogens with one attached hydrogen (secondary N) is 1. The summed E-state index contributed by atoms with van der Waals surface area (Å²) in [7, 11) is 1.50. The Morgan fingerprint density at radius 2 is 1.92 bits per heavy atom. The maximum Gasteiger partial charge on any atom is 0.338 e. The quantitative estimate of drug-likeness (QED) is 0.640. The molecule has 0 heterocycles. The molecule has 6 nitrogen and oxygen atoms in total. The second-order valence-corrected chi connectivity index (χ2v) is 5.38. The minimum Gasteiger partial charge on any atom is -0.495 e. The lowest BCUT2D eigenvalue weighted by Gasteiger charge is -2.15. The third-order valence-corrected chi connectivity index (χ3v) is 3.59. The Bertz CT molecular complexity index is 764. The van der Waals surface area contributed by atoms with Crippen molar-refractivity contribution in [2.75, 3.05) is 18.2 Å². The van der Waals surface area contributed by atoms with E-state index in [0.29, 0.717) is 16.5 Å². The molecule has 0 fully saturated rings. The zero-order valence-electron chi connectivity index (χ0n) is 13.2. The number of ether oxygens (including phenoxy) is 2. The standard InChI is InChI=1S/C17H17ClN2O4/c1-10(16(21)20-14-5-3-4-6-15(14)23-2)24-17(22)11-7-8-12(18)13(19)9-11/h3-10H,19H2,1-2H3,(H,20,21)/t10-/m1/s1. The molecule has 0 aliphatic heterocycles. The summed E-state index contributed by atoms with van der Waals surface area (Å²) in [5, 5.41) is 2.99. The highest BCUT2D eigenvalue weighted by Crippen LogP contribution is 2.23. The Kier molecular flexibility index (Phi) is 5.65. The topological polar surface area (TPSA) is 90.6 Å². The van der Waals surface area contributed by atoms with E-state index in [0.717, 1.165) is 0 Å². The average molecular weight is 349 g/mol. The third kappa shape index (κ3) is 4.17. The zero-order valence-corrected chi connectivity index (χ0v) is 14.0. The number of para-hydroxylation sites is 2. The number of anilines is 2. The second-order valence-electron chi connectivity index (χ2n) is 4.97. The van der Waals surface area contributed by atoms with Gasteiger partial charge in [0, 0.05) is 0 Å². The van der Waals surface area contributed by atoms with E-state index < -0.39 is 18.0 Å². The molecule has 126 valence electrons. The molecule has 0 aliphatic carbocycles. The minimum atomic E-state index is -1.00. The Morgan fingerprint density at radius 1 is 1.21 bits per heavy atom. The summed E-state index contributed by atoms with van der Waals surface area (Å²) >= 11 is 5.81. The number of esters is 1. The molecule has 0 saturated heterocycles. The molecule has 7 heteroatoms. The first-order valence-electron chi connectivity index (χ1n) is 7.12. The zero-order chi connectivity index (χ0) is 17.7. The van der Waals surface area contributed by atoms with Gasteiger partial charge in [-0.15, -0.1) is 0 Å². The summed E-state index contributed by atoms with van der Waals surface area (Å²) in [6.45, 7) is 1.47. The Balaban J connectivity index is 2.03. The summed E-state index contributed by atoms with van der Waals surface area (Å²) in [5.74, 6) is -0.634. The minimum absolute atomic E-state index is 0.217. The van der Waals surface area contributed by atoms with Crippen molar-refractivity contribution in [1.82, 2.24) is 0 Å². The first-order valence-corrected chi connectivity index (χ1v) is 7.50. The molecule has 0 unspecified atom stereocenters. The largest absolute Gasteiger partial charge is 0.495 e. The molecule has 1 atom stereocenters. The normalized spacial score (nSPS) is 11.5. The van der Waals surface area contributed by atoms with Crippen LogP contribution in [-0.4, -0.2) is 25.1 Å². The fourth-order valence-electron chi connectivity index (χ4n) is 1.94. The van der Waals surface area contributed by atoms with Crippen molar-refractivity contribution in [3.05, 3.63) is 53.1 Å². The SMILES string of the molecule is COc1ccccc1NC(=O)[C@@H](C)OC(=O)c1ccc(Cl)c(N)c1. The maximum atomic E-state index is 12.2. The van der Waals surface area contributed by atoms with Crippen molar-refractivity contribution < 1.29 is 19.1 Å². The van der Waals surface area contributed by atoms with Gasteiger partial charge in [-0.25, -0.2) is 4.79 Å². The van der Waals surface area contributed by atoms with E-state index in [9.17, 15) is 9.59 Å². The van der Waals surface area contributed by atoms with Crippen LogP contribution in [0.3, 0.4) is 0 Å². The average Bonchev–Trinajstić information content (AvgIpc) is 2.57. The van der Waals surface area contributed by atoms with Crippen LogP contribution in [0.4, 0.5) is 11.4 Å². The molecule has 3 N–H and O–H groups in total. The number of hydrogen-bond acceptors (Lipinski definition) is 5. The molecule has 0 saturated carbocycles. The summed E-state index contributed by atoms with van der Waals surface area (Å²) in [6.07, 6.45) is -1.00. The summed E-state index contributed by atoms with van der Waals surface area (Å²) in [6, 6.07) is 11.3. The van der Waals surface area contributed by atoms with Gasteiger partial charge in [-0.1, -0.05) is 23.7 Å². The van der Waals surface area contributed by atoms with Crippen molar-refractivity contribution in [3.8, 4) is 5.75 Å². The molecular formula is C17H17ClN2O4. The fraction of sp³-hybridized carbons (Fsp3) is 0.176. The fourth-order valence-corrected chi connectivity index (χ4v) is 2.05. The number of nitrogen functional groups attached to an aromatic ring is 1. The molecule has 0 aliphatic rings. The highest BCUT2D eigenvalue weighted by atomic mass is 35.5. The monoisotopic (exact) mass is 348 g/mol. The van der Waals surface area contributed by atoms with Crippen molar-refractivity contribution in [2.24, 2.45) is 0 Å². The maximum absolute atomic E-state index is 12.2. The van der Waals surface area contributed by atoms with E-state index in [4.69, 9.17) is 26.8 Å². The first kappa shape index (κ1) is 17.6. The molecule has 2 aromatic carbocycles. The number of halogens is 1. The molecule has 0 aromatic heterocycles. The lowest BCUT2D eigenvalue weighted by atomic mass is 10.2. The van der Waals surface area contributed by atoms with E-state index in [1.165, 1.54) is 32.2 Å². The van der Waals surface area contributed by atoms with Gasteiger partial charge in [-0.3, -0.25) is 4.79 Å². The number of amides is 1. The molecule has 0 spiro atoms. The predicted octanol–water partition coefficient (Wildman–Crippen LogP) is 3.11. The van der Waals surface area contributed by atoms with Crippen LogP contribution in [0.2, 0.25) is 5.02 Å². The van der Waals surface area contributed by atoms with Gasteiger partial charge in [0.05, 0.1) is 29.1 Å². The molecule has 1 amide bonds. The number of benzene rings is 2. The highest BCUT2D eigenvalue weighted by molar-refractivity contribution is 6.33. The second kappa shape index (κ2) is 7.70. The van der Waals surface area contributed by atoms with Crippen molar-refractivity contribution in [3.63, 3.8) is 0 Å². The van der Waals surface area contributed by atoms with Crippen LogP contribution in [0.25, 0.3) is 0 Å². The number of carbonyl (C=O) groups excluding carboxylic acids is 2. The van der Waals surface area contributed by atoms with E-state index in [2.05, 4.69) is 5.32 Å². The van der Waals surface area contributed by atoms with Crippen LogP contribution in [0.15, 0.2) is 42.5 Å². The first-order chi connectivity index (χ1) is 11.4. The van der Waals surface area contributed by atoms with Crippen molar-refractivity contribution >= 4 is 34.9 Å². The van der Waals surface area contributed by atoms with Gasteiger partial charge in [0.15, 0.2) is 6.10 Å². The summed E-state index contributed by atoms with van der Waals surface area (Å²) in [5.41, 5.74) is 6.62. The molecule has 2 rings (SSSR count). The van der Waals surface area contributed by atoms with Crippen molar-refractivity contribution in [2.45, 2.75) is 13.0 Å². The van der Waals surface area contributed by atoms with Crippen LogP contribution in [-0.2, 0) is 9.53 Å². The lowest BCUT2D eigenvalue weighted by molar-refractivity contribution is -0.123. The van der Waals surface area contributed by atoms with Gasteiger partial charge < -0.3 is 20.5 Å². The molecular weight excluding hydrogens is 332 g/mol. The number of carbonyl (C=O) groups is 2. The van der Waals surface area contributed by atoms with Crippen LogP contribution < -0.4 is 15.8 Å². The Labute approximate surface area is 144 Å². The Hall–Kier alpha value is -2.73. The van der Waals surface area contributed by atoms with E-state index in [1.54, 1.807) is 24.3 Å². The van der Waals surface area contributed by atoms with Crippen LogP contribution >= 0.6 is 11.6 Å². The number of methoxy groups -OCH3 is 1. The van der Waals surface area contributed by atoms with Crippen LogP contribution in [0.5, 0.6) is 5.75 Å². The molecule has 0 radical (unpaired) electrons. The summed E-state index contributed by atoms with van der Waals surface area (Å²) in [4.78, 5) is 24.3. The smallest absolute Gasteiger partial charge is 0.338 e. The van der Waals surface area contributed by atoms with E-state index >= 15 is 0 Å². The van der Waals surface area contributed by atoms with Gasteiger partial charge in [-0.05, 0) is 37.3 Å². The van der Waals surface area contributed by atoms with Gasteiger partial charge in [0.25, 0.3) is 5.91 Å². The molecule has 2 aromatic rings. The number of nitrogens with two attached hydrogens (primary N) is 1. The predicted molar refractivity (Wildman–Crippen MR) is 92.4 cm³/mol. The van der Waals surface area contributed by atoms with Gasteiger partial charge in [-0.2, -0.15) is 0 Å². The number of rotatable bonds is 5. The summed E-state index contributed by atoms with van der Waals surface area (Å²) < 4.78 is 10.3. The van der Waals surface area contributed by atoms with Gasteiger partial charge in [0.2, 0.25) is 0 Å². The lowest BCUT2D eigenvalue weighted by Crippen LogP contribution is -2.30. The number of hydrogen-bond donors (Lipinski definition) is 2. The molecule has 24 heavy (non-hydrogen) atoms. The van der Waals surface area contributed by atoms with Crippen LogP contribution in [0, 0.1) is 0 Å². The van der Waals surface area contributed by atoms with E-state index in [1.807, 2.05) is 0 Å². The van der Waals surface area contributed by atoms with E-state index in [-0.39, 0.29) is 11.3 Å². The third-order valence-electron chi connectivity index (χ3n) is 3.25. The molecule has 0 bridgehead atoms.